The third kappa shape index (κ3) is 10.3. The fraction of sp³-hybridized carbons (Fsp3) is 0.407. The molecule has 0 unspecified atom stereocenters. The Morgan fingerprint density at radius 1 is 0.941 bits per heavy atom. The highest BCUT2D eigenvalue weighted by Crippen LogP contribution is 2.31. The summed E-state index contributed by atoms with van der Waals surface area (Å²) in [5.74, 6) is 0.187. The molecule has 0 fully saturated rings. The minimum atomic E-state index is -0.546. The number of phenols is 1. The van der Waals surface area contributed by atoms with E-state index < -0.39 is 4.92 Å². The number of allylic oxidation sites excluding steroid dienone is 4. The van der Waals surface area contributed by atoms with Crippen molar-refractivity contribution in [1.82, 2.24) is 0 Å². The smallest absolute Gasteiger partial charge is 0.290 e. The highest BCUT2D eigenvalue weighted by atomic mass is 35.5. The molecule has 6 nitrogen and oxygen atoms in total. The van der Waals surface area contributed by atoms with Gasteiger partial charge in [-0.3, -0.25) is 10.1 Å². The van der Waals surface area contributed by atoms with Crippen molar-refractivity contribution < 1.29 is 10.0 Å². The summed E-state index contributed by atoms with van der Waals surface area (Å²) in [4.78, 5) is 10.5. The van der Waals surface area contributed by atoms with E-state index in [1.54, 1.807) is 24.3 Å². The highest BCUT2D eigenvalue weighted by molar-refractivity contribution is 6.32. The summed E-state index contributed by atoms with van der Waals surface area (Å²) >= 11 is 5.85. The quantitative estimate of drug-likeness (QED) is 0.0898. The topological polar surface area (TPSA) is 88.1 Å². The van der Waals surface area contributed by atoms with Crippen molar-refractivity contribution in [2.75, 3.05) is 0 Å². The van der Waals surface area contributed by atoms with Crippen molar-refractivity contribution in [3.05, 3.63) is 81.4 Å². The monoisotopic (exact) mass is 483 g/mol. The van der Waals surface area contributed by atoms with Gasteiger partial charge in [0, 0.05) is 6.07 Å². The molecule has 7 heteroatoms. The van der Waals surface area contributed by atoms with Crippen molar-refractivity contribution in [3.63, 3.8) is 0 Å². The normalized spacial score (nSPS) is 11.8. The molecule has 34 heavy (non-hydrogen) atoms. The zero-order valence-corrected chi connectivity index (χ0v) is 20.6. The van der Waals surface area contributed by atoms with E-state index in [-0.39, 0.29) is 16.5 Å². The predicted octanol–water partition coefficient (Wildman–Crippen LogP) is 9.55. The van der Waals surface area contributed by atoms with Crippen LogP contribution in [0.1, 0.15) is 70.3 Å². The van der Waals surface area contributed by atoms with Crippen LogP contribution >= 0.6 is 11.6 Å². The number of phenolic OH excluding ortho intramolecular Hbond substituents is 1. The highest BCUT2D eigenvalue weighted by Gasteiger charge is 2.12. The summed E-state index contributed by atoms with van der Waals surface area (Å²) in [6, 6.07) is 9.30. The van der Waals surface area contributed by atoms with Crippen LogP contribution in [0.15, 0.2) is 70.9 Å². The van der Waals surface area contributed by atoms with Gasteiger partial charge in [0.25, 0.3) is 5.69 Å². The molecule has 0 bridgehead atoms. The van der Waals surface area contributed by atoms with Gasteiger partial charge in [-0.05, 0) is 74.4 Å². The van der Waals surface area contributed by atoms with Gasteiger partial charge in [0.2, 0.25) is 0 Å². The average Bonchev–Trinajstić information content (AvgIpc) is 2.82. The Balaban J connectivity index is 1.78. The van der Waals surface area contributed by atoms with Gasteiger partial charge < -0.3 is 5.11 Å². The summed E-state index contributed by atoms with van der Waals surface area (Å²) in [7, 11) is 0. The third-order valence-corrected chi connectivity index (χ3v) is 5.66. The third-order valence-electron chi connectivity index (χ3n) is 5.34. The summed E-state index contributed by atoms with van der Waals surface area (Å²) in [5.41, 5.74) is 1.70. The number of nitro groups is 1. The van der Waals surface area contributed by atoms with E-state index in [0.717, 1.165) is 44.1 Å². The lowest BCUT2D eigenvalue weighted by Gasteiger charge is -2.06. The number of hydrogen-bond donors (Lipinski definition) is 1. The number of halogens is 1. The molecule has 0 aliphatic heterocycles. The largest absolute Gasteiger partial charge is 0.508 e. The zero-order valence-electron chi connectivity index (χ0n) is 19.8. The Hall–Kier alpha value is -2.99. The average molecular weight is 484 g/mol. The van der Waals surface area contributed by atoms with E-state index in [4.69, 9.17) is 11.6 Å². The molecule has 0 spiro atoms. The fourth-order valence-corrected chi connectivity index (χ4v) is 3.65. The molecule has 0 saturated carbocycles. The van der Waals surface area contributed by atoms with E-state index in [9.17, 15) is 15.2 Å². The van der Waals surface area contributed by atoms with Gasteiger partial charge in [0.05, 0.1) is 16.3 Å². The maximum atomic E-state index is 11.1. The maximum Gasteiger partial charge on any atom is 0.290 e. The van der Waals surface area contributed by atoms with Crippen LogP contribution in [0.3, 0.4) is 0 Å². The first-order valence-electron chi connectivity index (χ1n) is 12.0. The molecule has 0 heterocycles. The molecule has 1 N–H and O–H groups in total. The van der Waals surface area contributed by atoms with Gasteiger partial charge in [0.1, 0.15) is 10.8 Å². The number of azo groups is 1. The van der Waals surface area contributed by atoms with Crippen molar-refractivity contribution in [2.45, 2.75) is 71.1 Å². The molecule has 0 amide bonds. The van der Waals surface area contributed by atoms with Crippen LogP contribution in [0.5, 0.6) is 5.75 Å². The lowest BCUT2D eigenvalue weighted by Crippen LogP contribution is -1.88. The maximum absolute atomic E-state index is 11.1. The first-order valence-corrected chi connectivity index (χ1v) is 12.4. The van der Waals surface area contributed by atoms with Gasteiger partial charge >= 0.3 is 0 Å². The lowest BCUT2D eigenvalue weighted by atomic mass is 10.0. The number of unbranched alkanes of at least 4 members (excludes halogenated alkanes) is 6. The van der Waals surface area contributed by atoms with Gasteiger partial charge in [0.15, 0.2) is 0 Å². The summed E-state index contributed by atoms with van der Waals surface area (Å²) in [5, 5.41) is 29.4. The second-order valence-corrected chi connectivity index (χ2v) is 8.59. The van der Waals surface area contributed by atoms with Crippen LogP contribution in [0.25, 0.3) is 0 Å². The zero-order chi connectivity index (χ0) is 24.6. The molecule has 0 aromatic heterocycles. The van der Waals surface area contributed by atoms with Crippen molar-refractivity contribution in [3.8, 4) is 5.75 Å². The molecule has 0 atom stereocenters. The van der Waals surface area contributed by atoms with Gasteiger partial charge in [-0.15, -0.1) is 0 Å². The van der Waals surface area contributed by atoms with Crippen LogP contribution in [0, 0.1) is 10.1 Å². The Morgan fingerprint density at radius 2 is 1.68 bits per heavy atom. The second-order valence-electron chi connectivity index (χ2n) is 8.18. The number of nitrogens with zero attached hydrogens (tertiary/aromatic N) is 3. The van der Waals surface area contributed by atoms with Crippen LogP contribution in [-0.4, -0.2) is 10.0 Å². The Kier molecular flexibility index (Phi) is 12.6. The number of aromatic hydroxyl groups is 1. The summed E-state index contributed by atoms with van der Waals surface area (Å²) in [6.07, 6.45) is 20.0. The molecule has 182 valence electrons. The molecule has 2 aromatic rings. The molecule has 0 aliphatic carbocycles. The van der Waals surface area contributed by atoms with E-state index in [1.165, 1.54) is 37.8 Å². The van der Waals surface area contributed by atoms with Crippen molar-refractivity contribution in [2.24, 2.45) is 10.2 Å². The number of hydrogen-bond acceptors (Lipinski definition) is 5. The van der Waals surface area contributed by atoms with E-state index >= 15 is 0 Å². The molecule has 2 aromatic carbocycles. The minimum Gasteiger partial charge on any atom is -0.508 e. The lowest BCUT2D eigenvalue weighted by molar-refractivity contribution is -0.384. The summed E-state index contributed by atoms with van der Waals surface area (Å²) < 4.78 is 0. The van der Waals surface area contributed by atoms with E-state index in [0.29, 0.717) is 11.4 Å². The van der Waals surface area contributed by atoms with Gasteiger partial charge in [-0.2, -0.15) is 10.2 Å². The SMILES string of the molecule is CCC/C=C/C/C=C/CCCCCCCc1cc(O)ccc1N=Nc1ccc(Cl)c([N+](=O)[O-])c1. The standard InChI is InChI=1S/C27H34ClN3O3/c1-2-3-4-5-6-7-8-9-10-11-12-13-14-15-22-20-24(32)17-19-26(22)30-29-23-16-18-25(28)27(21-23)31(33)34/h4-5,7-8,16-21,32H,2-3,6,9-15H2,1H3/b5-4+,8-7+,30-29?. The molecular weight excluding hydrogens is 450 g/mol. The second kappa shape index (κ2) is 15.8. The number of aryl methyl sites for hydroxylation is 1. The number of benzene rings is 2. The van der Waals surface area contributed by atoms with E-state index in [1.807, 2.05) is 0 Å². The Morgan fingerprint density at radius 3 is 2.44 bits per heavy atom. The fourth-order valence-electron chi connectivity index (χ4n) is 3.47. The number of nitro benzene ring substituents is 1. The first-order chi connectivity index (χ1) is 16.5. The minimum absolute atomic E-state index is 0.0601. The van der Waals surface area contributed by atoms with E-state index in [2.05, 4.69) is 41.5 Å². The Bertz CT molecular complexity index is 1000. The molecule has 0 saturated heterocycles. The van der Waals surface area contributed by atoms with Crippen LogP contribution in [0.2, 0.25) is 5.02 Å². The molecule has 2 rings (SSSR count). The molecular formula is C27H34ClN3O3. The first kappa shape index (κ1) is 27.3. The number of rotatable bonds is 15. The van der Waals surface area contributed by atoms with Crippen molar-refractivity contribution in [1.29, 1.82) is 0 Å². The summed E-state index contributed by atoms with van der Waals surface area (Å²) in [6.45, 7) is 2.19. The van der Waals surface area contributed by atoms with Crippen LogP contribution in [-0.2, 0) is 6.42 Å². The van der Waals surface area contributed by atoms with Crippen LogP contribution in [0.4, 0.5) is 17.1 Å². The predicted molar refractivity (Wildman–Crippen MR) is 140 cm³/mol. The van der Waals surface area contributed by atoms with Gasteiger partial charge in [-0.1, -0.05) is 68.5 Å². The van der Waals surface area contributed by atoms with Crippen LogP contribution < -0.4 is 0 Å². The van der Waals surface area contributed by atoms with Crippen molar-refractivity contribution >= 4 is 28.7 Å². The molecule has 0 aliphatic rings. The molecule has 0 radical (unpaired) electrons. The Labute approximate surface area is 207 Å². The van der Waals surface area contributed by atoms with Gasteiger partial charge in [-0.25, -0.2) is 0 Å².